The number of amides is 1. The van der Waals surface area contributed by atoms with Gasteiger partial charge in [0.25, 0.3) is 0 Å². The van der Waals surface area contributed by atoms with Crippen LogP contribution in [0.5, 0.6) is 0 Å². The molecule has 0 atom stereocenters. The molecular weight excluding hydrogens is 350 g/mol. The number of anilines is 1. The van der Waals surface area contributed by atoms with Crippen molar-refractivity contribution in [3.8, 4) is 11.4 Å². The van der Waals surface area contributed by atoms with Crippen LogP contribution in [0.2, 0.25) is 0 Å². The highest BCUT2D eigenvalue weighted by molar-refractivity contribution is 7.99. The number of aromatic nitrogens is 4. The maximum Gasteiger partial charge on any atom is 0.234 e. The lowest BCUT2D eigenvalue weighted by Gasteiger charge is -2.10. The predicted octanol–water partition coefficient (Wildman–Crippen LogP) is 2.72. The van der Waals surface area contributed by atoms with Gasteiger partial charge < -0.3 is 10.1 Å². The third-order valence-corrected chi connectivity index (χ3v) is 4.53. The van der Waals surface area contributed by atoms with E-state index < -0.39 is 0 Å². The third kappa shape index (κ3) is 4.68. The zero-order valence-corrected chi connectivity index (χ0v) is 15.1. The Balaban J connectivity index is 1.71. The second-order valence-electron chi connectivity index (χ2n) is 5.39. The molecule has 2 aromatic heterocycles. The van der Waals surface area contributed by atoms with E-state index in [2.05, 4.69) is 20.5 Å². The highest BCUT2D eigenvalue weighted by atomic mass is 32.2. The van der Waals surface area contributed by atoms with Gasteiger partial charge in [-0.2, -0.15) is 0 Å². The molecule has 0 aliphatic carbocycles. The second kappa shape index (κ2) is 9.12. The molecule has 0 fully saturated rings. The molecule has 0 spiro atoms. The number of nitrogens with zero attached hydrogens (tertiary/aromatic N) is 4. The van der Waals surface area contributed by atoms with Crippen molar-refractivity contribution >= 4 is 23.4 Å². The van der Waals surface area contributed by atoms with Crippen molar-refractivity contribution < 1.29 is 9.53 Å². The third-order valence-electron chi connectivity index (χ3n) is 3.56. The Morgan fingerprint density at radius 3 is 2.65 bits per heavy atom. The lowest BCUT2D eigenvalue weighted by molar-refractivity contribution is -0.113. The first-order valence-corrected chi connectivity index (χ1v) is 9.06. The number of hydrogen-bond donors (Lipinski definition) is 1. The molecule has 3 rings (SSSR count). The number of benzene rings is 1. The van der Waals surface area contributed by atoms with Crippen molar-refractivity contribution in [1.82, 2.24) is 19.7 Å². The summed E-state index contributed by atoms with van der Waals surface area (Å²) < 4.78 is 7.17. The topological polar surface area (TPSA) is 81.9 Å². The minimum absolute atomic E-state index is 0.108. The zero-order valence-electron chi connectivity index (χ0n) is 14.3. The zero-order chi connectivity index (χ0) is 18.2. The fourth-order valence-corrected chi connectivity index (χ4v) is 3.11. The van der Waals surface area contributed by atoms with E-state index in [-0.39, 0.29) is 11.7 Å². The standard InChI is InChI=1S/C18H19N5O2S/c1-25-12-11-23-17(14-5-3-2-4-6-14)21-22-18(23)26-13-16(24)20-15-7-9-19-10-8-15/h2-10H,11-13H2,1H3,(H,19,20,24). The van der Waals surface area contributed by atoms with Crippen LogP contribution in [0.4, 0.5) is 5.69 Å². The van der Waals surface area contributed by atoms with Gasteiger partial charge in [-0.25, -0.2) is 0 Å². The number of ether oxygens (including phenoxy) is 1. The van der Waals surface area contributed by atoms with Crippen LogP contribution in [0, 0.1) is 0 Å². The SMILES string of the molecule is COCCn1c(SCC(=O)Nc2ccncc2)nnc1-c1ccccc1. The summed E-state index contributed by atoms with van der Waals surface area (Å²) in [5, 5.41) is 12.1. The van der Waals surface area contributed by atoms with E-state index in [9.17, 15) is 4.79 Å². The Morgan fingerprint density at radius 1 is 1.15 bits per heavy atom. The molecule has 0 bridgehead atoms. The molecule has 134 valence electrons. The minimum Gasteiger partial charge on any atom is -0.383 e. The number of rotatable bonds is 8. The van der Waals surface area contributed by atoms with Crippen LogP contribution in [0.15, 0.2) is 60.0 Å². The fraction of sp³-hybridized carbons (Fsp3) is 0.222. The molecular formula is C18H19N5O2S. The first-order valence-electron chi connectivity index (χ1n) is 8.08. The molecule has 0 saturated heterocycles. The molecule has 3 aromatic rings. The van der Waals surface area contributed by atoms with Crippen molar-refractivity contribution in [2.75, 3.05) is 24.8 Å². The van der Waals surface area contributed by atoms with Crippen LogP contribution in [-0.2, 0) is 16.1 Å². The summed E-state index contributed by atoms with van der Waals surface area (Å²) in [5.41, 5.74) is 1.70. The summed E-state index contributed by atoms with van der Waals surface area (Å²) >= 11 is 1.35. The number of methoxy groups -OCH3 is 1. The van der Waals surface area contributed by atoms with Gasteiger partial charge in [-0.05, 0) is 12.1 Å². The number of pyridine rings is 1. The van der Waals surface area contributed by atoms with Gasteiger partial charge in [0.1, 0.15) is 0 Å². The maximum atomic E-state index is 12.2. The molecule has 1 aromatic carbocycles. The van der Waals surface area contributed by atoms with Gasteiger partial charge in [0.2, 0.25) is 5.91 Å². The van der Waals surface area contributed by atoms with E-state index >= 15 is 0 Å². The summed E-state index contributed by atoms with van der Waals surface area (Å²) in [4.78, 5) is 16.1. The van der Waals surface area contributed by atoms with Crippen molar-refractivity contribution in [3.63, 3.8) is 0 Å². The van der Waals surface area contributed by atoms with Crippen molar-refractivity contribution in [1.29, 1.82) is 0 Å². The van der Waals surface area contributed by atoms with Crippen molar-refractivity contribution in [2.24, 2.45) is 0 Å². The van der Waals surface area contributed by atoms with Gasteiger partial charge >= 0.3 is 0 Å². The van der Waals surface area contributed by atoms with Gasteiger partial charge in [0, 0.05) is 30.8 Å². The molecule has 2 heterocycles. The van der Waals surface area contributed by atoms with Crippen LogP contribution >= 0.6 is 11.8 Å². The number of thioether (sulfide) groups is 1. The van der Waals surface area contributed by atoms with Crippen LogP contribution in [0.1, 0.15) is 0 Å². The Morgan fingerprint density at radius 2 is 1.92 bits per heavy atom. The summed E-state index contributed by atoms with van der Waals surface area (Å²) in [7, 11) is 1.65. The van der Waals surface area contributed by atoms with E-state index in [1.54, 1.807) is 31.6 Å². The summed E-state index contributed by atoms with van der Waals surface area (Å²) in [6, 6.07) is 13.3. The van der Waals surface area contributed by atoms with Crippen LogP contribution in [0.3, 0.4) is 0 Å². The number of carbonyl (C=O) groups is 1. The molecule has 0 radical (unpaired) electrons. The highest BCUT2D eigenvalue weighted by Gasteiger charge is 2.15. The van der Waals surface area contributed by atoms with Gasteiger partial charge in [-0.3, -0.25) is 14.3 Å². The smallest absolute Gasteiger partial charge is 0.234 e. The van der Waals surface area contributed by atoms with E-state index in [4.69, 9.17) is 4.74 Å². The average Bonchev–Trinajstić information content (AvgIpc) is 3.09. The molecule has 26 heavy (non-hydrogen) atoms. The summed E-state index contributed by atoms with van der Waals surface area (Å²) in [6.45, 7) is 1.15. The molecule has 1 amide bonds. The van der Waals surface area contributed by atoms with Gasteiger partial charge in [-0.15, -0.1) is 10.2 Å². The van der Waals surface area contributed by atoms with Crippen molar-refractivity contribution in [3.05, 3.63) is 54.9 Å². The highest BCUT2D eigenvalue weighted by Crippen LogP contribution is 2.24. The van der Waals surface area contributed by atoms with Crippen LogP contribution < -0.4 is 5.32 Å². The molecule has 8 heteroatoms. The fourth-order valence-electron chi connectivity index (χ4n) is 2.34. The van der Waals surface area contributed by atoms with E-state index in [0.29, 0.717) is 18.3 Å². The molecule has 0 saturated carbocycles. The van der Waals surface area contributed by atoms with Gasteiger partial charge in [0.15, 0.2) is 11.0 Å². The van der Waals surface area contributed by atoms with Gasteiger partial charge in [-0.1, -0.05) is 42.1 Å². The average molecular weight is 369 g/mol. The minimum atomic E-state index is -0.108. The van der Waals surface area contributed by atoms with E-state index in [1.165, 1.54) is 11.8 Å². The Kier molecular flexibility index (Phi) is 6.34. The summed E-state index contributed by atoms with van der Waals surface area (Å²) in [6.07, 6.45) is 3.27. The monoisotopic (exact) mass is 369 g/mol. The van der Waals surface area contributed by atoms with Gasteiger partial charge in [0.05, 0.1) is 18.9 Å². The number of carbonyl (C=O) groups excluding carboxylic acids is 1. The number of hydrogen-bond acceptors (Lipinski definition) is 6. The quantitative estimate of drug-likeness (QED) is 0.615. The lowest BCUT2D eigenvalue weighted by atomic mass is 10.2. The molecule has 1 N–H and O–H groups in total. The van der Waals surface area contributed by atoms with Crippen LogP contribution in [0.25, 0.3) is 11.4 Å². The second-order valence-corrected chi connectivity index (χ2v) is 6.33. The maximum absolute atomic E-state index is 12.2. The molecule has 0 aliphatic rings. The normalized spacial score (nSPS) is 10.7. The molecule has 7 nitrogen and oxygen atoms in total. The van der Waals surface area contributed by atoms with E-state index in [1.807, 2.05) is 34.9 Å². The molecule has 0 aliphatic heterocycles. The Hall–Kier alpha value is -2.71. The lowest BCUT2D eigenvalue weighted by Crippen LogP contribution is -2.15. The van der Waals surface area contributed by atoms with Crippen LogP contribution in [-0.4, -0.2) is 45.1 Å². The first-order chi connectivity index (χ1) is 12.8. The summed E-state index contributed by atoms with van der Waals surface area (Å²) in [5.74, 6) is 0.894. The predicted molar refractivity (Wildman–Crippen MR) is 101 cm³/mol. The number of nitrogens with one attached hydrogen (secondary N) is 1. The molecule has 0 unspecified atom stereocenters. The van der Waals surface area contributed by atoms with Crippen molar-refractivity contribution in [2.45, 2.75) is 11.7 Å². The van der Waals surface area contributed by atoms with E-state index in [0.717, 1.165) is 17.1 Å². The largest absolute Gasteiger partial charge is 0.383 e. The Bertz CT molecular complexity index is 839. The Labute approximate surface area is 155 Å². The first kappa shape index (κ1) is 18.1.